The number of methoxy groups -OCH3 is 1. The fourth-order valence-electron chi connectivity index (χ4n) is 1.02. The quantitative estimate of drug-likeness (QED) is 0.367. The van der Waals surface area contributed by atoms with Crippen LogP contribution in [0.25, 0.3) is 0 Å². The lowest BCUT2D eigenvalue weighted by Gasteiger charge is -2.04. The minimum absolute atomic E-state index is 0.108. The van der Waals surface area contributed by atoms with Gasteiger partial charge >= 0.3 is 0 Å². The number of ether oxygens (including phenoxy) is 1. The number of carbonyl (C=O) groups is 1. The molecule has 0 aliphatic carbocycles. The Morgan fingerprint density at radius 2 is 2.20 bits per heavy atom. The van der Waals surface area contributed by atoms with Gasteiger partial charge in [0.05, 0.1) is 18.1 Å². The lowest BCUT2D eigenvalue weighted by Crippen LogP contribution is -2.02. The average Bonchev–Trinajstić information content (AvgIpc) is 2.15. The van der Waals surface area contributed by atoms with Crippen molar-refractivity contribution in [1.29, 1.82) is 0 Å². The topological polar surface area (TPSA) is 69.4 Å². The maximum Gasteiger partial charge on any atom is 0.286 e. The number of halogens is 2. The van der Waals surface area contributed by atoms with E-state index in [2.05, 4.69) is 0 Å². The molecule has 0 aliphatic rings. The molecular weight excluding hydrogens is 336 g/mol. The Hall–Kier alpha value is -0.890. The minimum Gasteiger partial charge on any atom is -0.496 e. The van der Waals surface area contributed by atoms with E-state index in [0.717, 1.165) is 6.07 Å². The zero-order valence-electron chi connectivity index (χ0n) is 7.49. The fraction of sp³-hybridized carbons (Fsp3) is 0.125. The average molecular weight is 341 g/mol. The van der Waals surface area contributed by atoms with Gasteiger partial charge in [-0.25, -0.2) is 0 Å². The van der Waals surface area contributed by atoms with Crippen molar-refractivity contribution in [3.63, 3.8) is 0 Å². The van der Waals surface area contributed by atoms with Gasteiger partial charge in [-0.15, -0.1) is 0 Å². The summed E-state index contributed by atoms with van der Waals surface area (Å²) in [6.45, 7) is 0. The molecule has 15 heavy (non-hydrogen) atoms. The van der Waals surface area contributed by atoms with Crippen molar-refractivity contribution in [2.75, 3.05) is 7.11 Å². The number of nitro benzene ring substituents is 1. The summed E-state index contributed by atoms with van der Waals surface area (Å²) in [7, 11) is 1.39. The van der Waals surface area contributed by atoms with E-state index in [9.17, 15) is 14.9 Å². The highest BCUT2D eigenvalue weighted by Gasteiger charge is 2.23. The Bertz CT molecular complexity index is 435. The van der Waals surface area contributed by atoms with E-state index in [1.807, 2.05) is 0 Å². The standard InChI is InChI=1S/C8H5ClINO4/c1-15-4-2-5(10)7(8(9)12)6(3-4)11(13)14/h2-3H,1H3. The first-order valence-electron chi connectivity index (χ1n) is 3.69. The molecule has 0 spiro atoms. The molecule has 0 unspecified atom stereocenters. The van der Waals surface area contributed by atoms with Gasteiger partial charge in [0.15, 0.2) is 0 Å². The van der Waals surface area contributed by atoms with Gasteiger partial charge in [-0.3, -0.25) is 14.9 Å². The summed E-state index contributed by atoms with van der Waals surface area (Å²) >= 11 is 7.06. The smallest absolute Gasteiger partial charge is 0.286 e. The van der Waals surface area contributed by atoms with Gasteiger partial charge in [0.1, 0.15) is 11.3 Å². The SMILES string of the molecule is COc1cc(I)c(C(=O)Cl)c([N+](=O)[O-])c1. The molecule has 0 aliphatic heterocycles. The van der Waals surface area contributed by atoms with E-state index < -0.39 is 10.2 Å². The van der Waals surface area contributed by atoms with E-state index >= 15 is 0 Å². The highest BCUT2D eigenvalue weighted by atomic mass is 127. The molecule has 0 radical (unpaired) electrons. The summed E-state index contributed by atoms with van der Waals surface area (Å²) in [5, 5.41) is 9.83. The lowest BCUT2D eigenvalue weighted by atomic mass is 10.2. The second-order valence-corrected chi connectivity index (χ2v) is 4.04. The molecule has 0 saturated carbocycles. The third-order valence-electron chi connectivity index (χ3n) is 1.67. The lowest BCUT2D eigenvalue weighted by molar-refractivity contribution is -0.385. The van der Waals surface area contributed by atoms with E-state index in [4.69, 9.17) is 16.3 Å². The zero-order valence-corrected chi connectivity index (χ0v) is 10.4. The molecule has 0 saturated heterocycles. The zero-order chi connectivity index (χ0) is 11.6. The predicted octanol–water partition coefficient (Wildman–Crippen LogP) is 2.59. The second kappa shape index (κ2) is 4.75. The predicted molar refractivity (Wildman–Crippen MR) is 62.5 cm³/mol. The molecule has 0 aromatic heterocycles. The van der Waals surface area contributed by atoms with Gasteiger partial charge < -0.3 is 4.74 Å². The largest absolute Gasteiger partial charge is 0.496 e. The first-order valence-corrected chi connectivity index (χ1v) is 5.14. The van der Waals surface area contributed by atoms with Crippen LogP contribution in [0.1, 0.15) is 10.4 Å². The van der Waals surface area contributed by atoms with Crippen LogP contribution in [-0.4, -0.2) is 17.3 Å². The molecule has 0 N–H and O–H groups in total. The van der Waals surface area contributed by atoms with Crippen LogP contribution in [0.4, 0.5) is 5.69 Å². The van der Waals surface area contributed by atoms with Crippen LogP contribution < -0.4 is 4.74 Å². The number of nitro groups is 1. The molecular formula is C8H5ClINO4. The molecule has 0 fully saturated rings. The first kappa shape index (κ1) is 12.2. The number of hydrogen-bond acceptors (Lipinski definition) is 4. The summed E-state index contributed by atoms with van der Waals surface area (Å²) in [6, 6.07) is 2.67. The van der Waals surface area contributed by atoms with Gasteiger partial charge in [0.25, 0.3) is 10.9 Å². The van der Waals surface area contributed by atoms with E-state index in [1.54, 1.807) is 22.6 Å². The van der Waals surface area contributed by atoms with Crippen LogP contribution in [0.2, 0.25) is 0 Å². The summed E-state index contributed by atoms with van der Waals surface area (Å²) < 4.78 is 5.24. The Morgan fingerprint density at radius 3 is 2.60 bits per heavy atom. The van der Waals surface area contributed by atoms with Crippen LogP contribution in [0.15, 0.2) is 12.1 Å². The maximum atomic E-state index is 11.0. The van der Waals surface area contributed by atoms with Crippen LogP contribution in [0, 0.1) is 13.7 Å². The maximum absolute atomic E-state index is 11.0. The highest BCUT2D eigenvalue weighted by molar-refractivity contribution is 14.1. The van der Waals surface area contributed by atoms with Gasteiger partial charge in [0.2, 0.25) is 0 Å². The van der Waals surface area contributed by atoms with E-state index in [0.29, 0.717) is 9.32 Å². The van der Waals surface area contributed by atoms with Crippen LogP contribution in [0.3, 0.4) is 0 Å². The molecule has 0 amide bonds. The summed E-state index contributed by atoms with van der Waals surface area (Å²) in [5.74, 6) is 0.313. The second-order valence-electron chi connectivity index (χ2n) is 2.53. The third-order valence-corrected chi connectivity index (χ3v) is 2.71. The summed E-state index contributed by atoms with van der Waals surface area (Å²) in [6.07, 6.45) is 0. The van der Waals surface area contributed by atoms with Crippen molar-refractivity contribution in [3.05, 3.63) is 31.4 Å². The van der Waals surface area contributed by atoms with Crippen molar-refractivity contribution in [2.45, 2.75) is 0 Å². The number of carbonyl (C=O) groups excluding carboxylic acids is 1. The molecule has 0 heterocycles. The van der Waals surface area contributed by atoms with Gasteiger partial charge in [-0.05, 0) is 40.3 Å². The summed E-state index contributed by atoms with van der Waals surface area (Å²) in [4.78, 5) is 21.0. The van der Waals surface area contributed by atoms with Crippen molar-refractivity contribution in [3.8, 4) is 5.75 Å². The fourth-order valence-corrected chi connectivity index (χ4v) is 2.21. The van der Waals surface area contributed by atoms with Crippen molar-refractivity contribution < 1.29 is 14.5 Å². The number of benzene rings is 1. The molecule has 0 atom stereocenters. The van der Waals surface area contributed by atoms with Crippen LogP contribution in [-0.2, 0) is 0 Å². The highest BCUT2D eigenvalue weighted by Crippen LogP contribution is 2.30. The Labute approximate surface area is 104 Å². The molecule has 1 aromatic rings. The Kier molecular flexibility index (Phi) is 3.86. The molecule has 0 bridgehead atoms. The number of rotatable bonds is 3. The molecule has 80 valence electrons. The van der Waals surface area contributed by atoms with E-state index in [-0.39, 0.29) is 11.3 Å². The normalized spacial score (nSPS) is 9.80. The minimum atomic E-state index is -0.853. The van der Waals surface area contributed by atoms with Crippen LogP contribution in [0.5, 0.6) is 5.75 Å². The Morgan fingerprint density at radius 1 is 1.60 bits per heavy atom. The Balaban J connectivity index is 3.49. The third kappa shape index (κ3) is 2.57. The van der Waals surface area contributed by atoms with Crippen molar-refractivity contribution in [2.24, 2.45) is 0 Å². The van der Waals surface area contributed by atoms with Gasteiger partial charge in [-0.1, -0.05) is 0 Å². The molecule has 1 aromatic carbocycles. The van der Waals surface area contributed by atoms with Crippen molar-refractivity contribution in [1.82, 2.24) is 0 Å². The van der Waals surface area contributed by atoms with Crippen LogP contribution >= 0.6 is 34.2 Å². The molecule has 7 heteroatoms. The van der Waals surface area contributed by atoms with Gasteiger partial charge in [0, 0.05) is 3.57 Å². The number of hydrogen-bond donors (Lipinski definition) is 0. The van der Waals surface area contributed by atoms with Crippen molar-refractivity contribution >= 4 is 45.1 Å². The first-order chi connectivity index (χ1) is 6.97. The molecule has 1 rings (SSSR count). The number of nitrogens with zero attached hydrogens (tertiary/aromatic N) is 1. The molecule has 5 nitrogen and oxygen atoms in total. The van der Waals surface area contributed by atoms with E-state index in [1.165, 1.54) is 13.2 Å². The monoisotopic (exact) mass is 341 g/mol. The van der Waals surface area contributed by atoms with Gasteiger partial charge in [-0.2, -0.15) is 0 Å². The summed E-state index contributed by atoms with van der Waals surface area (Å²) in [5.41, 5.74) is -0.457.